The molecule has 1 aliphatic rings. The van der Waals surface area contributed by atoms with Crippen LogP contribution in [0.25, 0.3) is 0 Å². The molecule has 3 nitrogen and oxygen atoms in total. The molecule has 3 N–H and O–H groups in total. The van der Waals surface area contributed by atoms with E-state index in [1.54, 1.807) is 0 Å². The van der Waals surface area contributed by atoms with Crippen molar-refractivity contribution in [2.45, 2.75) is 31.8 Å². The minimum atomic E-state index is -0.493. The molecule has 1 atom stereocenters. The lowest BCUT2D eigenvalue weighted by Crippen LogP contribution is -2.51. The van der Waals surface area contributed by atoms with Crippen molar-refractivity contribution in [1.29, 1.82) is 0 Å². The summed E-state index contributed by atoms with van der Waals surface area (Å²) in [5.41, 5.74) is -0.493. The Kier molecular flexibility index (Phi) is 3.98. The third-order valence-electron chi connectivity index (χ3n) is 2.33. The second kappa shape index (κ2) is 4.80. The average molecular weight is 172 g/mol. The third kappa shape index (κ3) is 3.09. The molecule has 1 aliphatic heterocycles. The van der Waals surface area contributed by atoms with E-state index in [0.717, 1.165) is 45.4 Å². The highest BCUT2D eigenvalue weighted by Crippen LogP contribution is 2.14. The van der Waals surface area contributed by atoms with E-state index in [0.29, 0.717) is 0 Å². The van der Waals surface area contributed by atoms with Crippen LogP contribution < -0.4 is 10.6 Å². The summed E-state index contributed by atoms with van der Waals surface area (Å²) in [4.78, 5) is 0. The SMILES string of the molecule is CCCNCC1(O)CCCNC1. The van der Waals surface area contributed by atoms with Crippen LogP contribution in [-0.2, 0) is 0 Å². The summed E-state index contributed by atoms with van der Waals surface area (Å²) < 4.78 is 0. The van der Waals surface area contributed by atoms with Crippen molar-refractivity contribution < 1.29 is 5.11 Å². The summed E-state index contributed by atoms with van der Waals surface area (Å²) in [5, 5.41) is 16.4. The number of aliphatic hydroxyl groups is 1. The van der Waals surface area contributed by atoms with Crippen molar-refractivity contribution in [1.82, 2.24) is 10.6 Å². The summed E-state index contributed by atoms with van der Waals surface area (Å²) >= 11 is 0. The van der Waals surface area contributed by atoms with Gasteiger partial charge in [0.15, 0.2) is 0 Å². The van der Waals surface area contributed by atoms with Gasteiger partial charge in [0, 0.05) is 13.1 Å². The summed E-state index contributed by atoms with van der Waals surface area (Å²) in [6.45, 7) is 5.66. The molecule has 72 valence electrons. The number of hydrogen-bond donors (Lipinski definition) is 3. The van der Waals surface area contributed by atoms with Crippen LogP contribution in [0, 0.1) is 0 Å². The predicted octanol–water partition coefficient (Wildman–Crippen LogP) is 0.100. The number of β-amino-alcohol motifs (C(OH)–C–C–N with tert-alkyl or cyclic N) is 1. The molecule has 0 saturated carbocycles. The molecule has 0 aromatic rings. The fraction of sp³-hybridized carbons (Fsp3) is 1.00. The Balaban J connectivity index is 2.17. The van der Waals surface area contributed by atoms with Gasteiger partial charge in [-0.25, -0.2) is 0 Å². The van der Waals surface area contributed by atoms with Gasteiger partial charge < -0.3 is 15.7 Å². The van der Waals surface area contributed by atoms with E-state index in [1.807, 2.05) is 0 Å². The number of nitrogens with one attached hydrogen (secondary N) is 2. The zero-order valence-corrected chi connectivity index (χ0v) is 7.90. The maximum Gasteiger partial charge on any atom is 0.0895 e. The highest BCUT2D eigenvalue weighted by molar-refractivity contribution is 4.86. The molecule has 0 aromatic heterocycles. The van der Waals surface area contributed by atoms with Crippen molar-refractivity contribution in [3.8, 4) is 0 Å². The minimum Gasteiger partial charge on any atom is -0.387 e. The molecular formula is C9H20N2O. The van der Waals surface area contributed by atoms with Gasteiger partial charge in [0.2, 0.25) is 0 Å². The van der Waals surface area contributed by atoms with Gasteiger partial charge in [0.25, 0.3) is 0 Å². The smallest absolute Gasteiger partial charge is 0.0895 e. The van der Waals surface area contributed by atoms with E-state index >= 15 is 0 Å². The molecule has 1 rings (SSSR count). The topological polar surface area (TPSA) is 44.3 Å². The van der Waals surface area contributed by atoms with Gasteiger partial charge in [0.1, 0.15) is 0 Å². The minimum absolute atomic E-state index is 0.493. The maximum absolute atomic E-state index is 9.97. The Labute approximate surface area is 74.5 Å². The number of rotatable bonds is 4. The van der Waals surface area contributed by atoms with Crippen LogP contribution >= 0.6 is 0 Å². The van der Waals surface area contributed by atoms with Crippen molar-refractivity contribution in [3.05, 3.63) is 0 Å². The summed E-state index contributed by atoms with van der Waals surface area (Å²) in [6, 6.07) is 0. The van der Waals surface area contributed by atoms with Crippen LogP contribution in [-0.4, -0.2) is 36.9 Å². The molecule has 0 amide bonds. The molecule has 1 unspecified atom stereocenters. The molecule has 1 saturated heterocycles. The lowest BCUT2D eigenvalue weighted by molar-refractivity contribution is 0.0174. The van der Waals surface area contributed by atoms with E-state index < -0.39 is 5.60 Å². The van der Waals surface area contributed by atoms with Gasteiger partial charge in [-0.2, -0.15) is 0 Å². The zero-order valence-electron chi connectivity index (χ0n) is 7.90. The summed E-state index contributed by atoms with van der Waals surface area (Å²) in [6.07, 6.45) is 3.14. The Morgan fingerprint density at radius 3 is 3.00 bits per heavy atom. The van der Waals surface area contributed by atoms with Crippen LogP contribution in [0.1, 0.15) is 26.2 Å². The lowest BCUT2D eigenvalue weighted by Gasteiger charge is -2.32. The maximum atomic E-state index is 9.97. The van der Waals surface area contributed by atoms with Crippen molar-refractivity contribution in [2.24, 2.45) is 0 Å². The fourth-order valence-corrected chi connectivity index (χ4v) is 1.60. The van der Waals surface area contributed by atoms with Crippen molar-refractivity contribution in [3.63, 3.8) is 0 Å². The molecule has 3 heteroatoms. The molecule has 0 aromatic carbocycles. The highest BCUT2D eigenvalue weighted by Gasteiger charge is 2.27. The summed E-state index contributed by atoms with van der Waals surface area (Å²) in [7, 11) is 0. The molecular weight excluding hydrogens is 152 g/mol. The lowest BCUT2D eigenvalue weighted by atomic mass is 9.94. The van der Waals surface area contributed by atoms with Crippen LogP contribution in [0.4, 0.5) is 0 Å². The summed E-state index contributed by atoms with van der Waals surface area (Å²) in [5.74, 6) is 0. The first-order chi connectivity index (χ1) is 5.77. The molecule has 0 bridgehead atoms. The molecule has 0 aliphatic carbocycles. The molecule has 1 heterocycles. The third-order valence-corrected chi connectivity index (χ3v) is 2.33. The first-order valence-electron chi connectivity index (χ1n) is 4.91. The van der Waals surface area contributed by atoms with Crippen LogP contribution in [0.2, 0.25) is 0 Å². The van der Waals surface area contributed by atoms with E-state index in [1.165, 1.54) is 0 Å². The molecule has 1 fully saturated rings. The predicted molar refractivity (Wildman–Crippen MR) is 50.2 cm³/mol. The van der Waals surface area contributed by atoms with Crippen LogP contribution in [0.3, 0.4) is 0 Å². The van der Waals surface area contributed by atoms with Gasteiger partial charge in [-0.15, -0.1) is 0 Å². The number of hydrogen-bond acceptors (Lipinski definition) is 3. The van der Waals surface area contributed by atoms with Gasteiger partial charge in [0.05, 0.1) is 5.60 Å². The van der Waals surface area contributed by atoms with Crippen LogP contribution in [0.15, 0.2) is 0 Å². The van der Waals surface area contributed by atoms with Crippen molar-refractivity contribution >= 4 is 0 Å². The van der Waals surface area contributed by atoms with Gasteiger partial charge in [-0.3, -0.25) is 0 Å². The standard InChI is InChI=1S/C9H20N2O/c1-2-5-10-7-9(12)4-3-6-11-8-9/h10-12H,2-8H2,1H3. The molecule has 12 heavy (non-hydrogen) atoms. The second-order valence-electron chi connectivity index (χ2n) is 3.68. The zero-order chi connectivity index (χ0) is 8.86. The Morgan fingerprint density at radius 2 is 2.42 bits per heavy atom. The van der Waals surface area contributed by atoms with E-state index in [-0.39, 0.29) is 0 Å². The first-order valence-corrected chi connectivity index (χ1v) is 4.91. The van der Waals surface area contributed by atoms with Crippen molar-refractivity contribution in [2.75, 3.05) is 26.2 Å². The van der Waals surface area contributed by atoms with Gasteiger partial charge >= 0.3 is 0 Å². The van der Waals surface area contributed by atoms with E-state index in [9.17, 15) is 5.11 Å². The Bertz CT molecular complexity index is 122. The van der Waals surface area contributed by atoms with Gasteiger partial charge in [-0.1, -0.05) is 6.92 Å². The first kappa shape index (κ1) is 9.96. The van der Waals surface area contributed by atoms with Gasteiger partial charge in [-0.05, 0) is 32.4 Å². The monoisotopic (exact) mass is 172 g/mol. The fourth-order valence-electron chi connectivity index (χ4n) is 1.60. The largest absolute Gasteiger partial charge is 0.387 e. The Morgan fingerprint density at radius 1 is 1.58 bits per heavy atom. The average Bonchev–Trinajstić information content (AvgIpc) is 2.06. The normalized spacial score (nSPS) is 30.5. The quantitative estimate of drug-likeness (QED) is 0.527. The van der Waals surface area contributed by atoms with Crippen LogP contribution in [0.5, 0.6) is 0 Å². The van der Waals surface area contributed by atoms with E-state index in [4.69, 9.17) is 0 Å². The second-order valence-corrected chi connectivity index (χ2v) is 3.68. The highest BCUT2D eigenvalue weighted by atomic mass is 16.3. The Hall–Kier alpha value is -0.120. The molecule has 0 radical (unpaired) electrons. The van der Waals surface area contributed by atoms with E-state index in [2.05, 4.69) is 17.6 Å². The molecule has 0 spiro atoms. The number of piperidine rings is 1.